The van der Waals surface area contributed by atoms with Crippen LogP contribution in [0.15, 0.2) is 53.4 Å². The normalized spacial score (nSPS) is 11.4. The van der Waals surface area contributed by atoms with Gasteiger partial charge in [0.05, 0.1) is 12.0 Å². The van der Waals surface area contributed by atoms with Gasteiger partial charge in [-0.2, -0.15) is 0 Å². The van der Waals surface area contributed by atoms with Crippen LogP contribution in [0, 0.1) is 6.92 Å². The summed E-state index contributed by atoms with van der Waals surface area (Å²) in [5.41, 5.74) is 2.69. The first-order chi connectivity index (χ1) is 12.2. The van der Waals surface area contributed by atoms with Crippen molar-refractivity contribution in [2.24, 2.45) is 0 Å². The van der Waals surface area contributed by atoms with Crippen LogP contribution < -0.4 is 5.32 Å². The molecule has 7 nitrogen and oxygen atoms in total. The van der Waals surface area contributed by atoms with E-state index in [2.05, 4.69) is 5.32 Å². The van der Waals surface area contributed by atoms with Crippen molar-refractivity contribution in [2.45, 2.75) is 18.4 Å². The number of rotatable bonds is 6. The molecule has 0 aromatic heterocycles. The Morgan fingerprint density at radius 3 is 2.15 bits per heavy atom. The second-order valence-corrected chi connectivity index (χ2v) is 7.83. The van der Waals surface area contributed by atoms with Crippen molar-refractivity contribution in [3.63, 3.8) is 0 Å². The highest BCUT2D eigenvalue weighted by Crippen LogP contribution is 2.18. The molecular formula is C18H23N3O4S. The Morgan fingerprint density at radius 1 is 1.04 bits per heavy atom. The summed E-state index contributed by atoms with van der Waals surface area (Å²) in [7, 11) is 0.574. The van der Waals surface area contributed by atoms with E-state index in [0.717, 1.165) is 15.6 Å². The third-order valence-electron chi connectivity index (χ3n) is 3.89. The number of anilines is 1. The molecule has 0 aliphatic carbocycles. The van der Waals surface area contributed by atoms with E-state index in [-0.39, 0.29) is 10.9 Å². The largest absolute Gasteiger partial charge is 0.323 e. The van der Waals surface area contributed by atoms with E-state index in [0.29, 0.717) is 12.2 Å². The first kappa shape index (κ1) is 19.9. The van der Waals surface area contributed by atoms with E-state index < -0.39 is 10.0 Å². The minimum Gasteiger partial charge on any atom is -0.323 e. The van der Waals surface area contributed by atoms with Gasteiger partial charge in [-0.25, -0.2) is 13.2 Å². The van der Waals surface area contributed by atoms with Gasteiger partial charge < -0.3 is 10.2 Å². The molecule has 0 aliphatic heterocycles. The van der Waals surface area contributed by atoms with Crippen LogP contribution in [-0.2, 0) is 21.4 Å². The fourth-order valence-electron chi connectivity index (χ4n) is 2.21. The van der Waals surface area contributed by atoms with E-state index in [1.54, 1.807) is 11.9 Å². The summed E-state index contributed by atoms with van der Waals surface area (Å²) in [6.45, 7) is 2.48. The number of aryl methyl sites for hydroxylation is 1. The van der Waals surface area contributed by atoms with Crippen LogP contribution in [0.1, 0.15) is 11.1 Å². The number of urea groups is 1. The second-order valence-electron chi connectivity index (χ2n) is 5.89. The lowest BCUT2D eigenvalue weighted by Crippen LogP contribution is -2.30. The lowest BCUT2D eigenvalue weighted by Gasteiger charge is -2.18. The van der Waals surface area contributed by atoms with Crippen molar-refractivity contribution in [3.8, 4) is 0 Å². The van der Waals surface area contributed by atoms with E-state index in [9.17, 15) is 13.2 Å². The highest BCUT2D eigenvalue weighted by molar-refractivity contribution is 7.89. The highest BCUT2D eigenvalue weighted by atomic mass is 32.2. The maximum absolute atomic E-state index is 12.3. The topological polar surface area (TPSA) is 79.0 Å². The highest BCUT2D eigenvalue weighted by Gasteiger charge is 2.20. The van der Waals surface area contributed by atoms with Crippen molar-refractivity contribution >= 4 is 21.7 Å². The number of benzene rings is 2. The van der Waals surface area contributed by atoms with Crippen LogP contribution in [0.25, 0.3) is 0 Å². The van der Waals surface area contributed by atoms with Crippen LogP contribution >= 0.6 is 0 Å². The molecule has 0 spiro atoms. The van der Waals surface area contributed by atoms with E-state index in [4.69, 9.17) is 4.84 Å². The van der Waals surface area contributed by atoms with Crippen LogP contribution in [0.2, 0.25) is 0 Å². The van der Waals surface area contributed by atoms with Crippen molar-refractivity contribution in [2.75, 3.05) is 26.5 Å². The Morgan fingerprint density at radius 2 is 1.62 bits per heavy atom. The molecule has 0 aliphatic rings. The number of hydrogen-bond acceptors (Lipinski definition) is 4. The van der Waals surface area contributed by atoms with Gasteiger partial charge in [0.15, 0.2) is 0 Å². The molecule has 8 heteroatoms. The number of carbonyl (C=O) groups is 1. The molecule has 0 atom stereocenters. The molecule has 2 amide bonds. The van der Waals surface area contributed by atoms with Crippen LogP contribution in [0.5, 0.6) is 0 Å². The number of hydroxylamine groups is 1. The van der Waals surface area contributed by atoms with Gasteiger partial charge in [0.25, 0.3) is 10.0 Å². The Balaban J connectivity index is 2.01. The summed E-state index contributed by atoms with van der Waals surface area (Å²) >= 11 is 0. The summed E-state index contributed by atoms with van der Waals surface area (Å²) in [4.78, 5) is 18.6. The molecule has 0 saturated carbocycles. The summed E-state index contributed by atoms with van der Waals surface area (Å²) < 4.78 is 25.0. The van der Waals surface area contributed by atoms with Gasteiger partial charge >= 0.3 is 6.03 Å². The fraction of sp³-hybridized carbons (Fsp3) is 0.278. The molecule has 0 bridgehead atoms. The number of sulfonamides is 1. The van der Waals surface area contributed by atoms with Crippen molar-refractivity contribution in [1.29, 1.82) is 0 Å². The number of carbonyl (C=O) groups excluding carboxylic acids is 1. The van der Waals surface area contributed by atoms with E-state index in [1.165, 1.54) is 38.4 Å². The van der Waals surface area contributed by atoms with Gasteiger partial charge in [-0.05, 0) is 36.8 Å². The van der Waals surface area contributed by atoms with Gasteiger partial charge in [0, 0.05) is 26.3 Å². The molecule has 26 heavy (non-hydrogen) atoms. The second kappa shape index (κ2) is 8.31. The first-order valence-electron chi connectivity index (χ1n) is 7.95. The predicted octanol–water partition coefficient (Wildman–Crippen LogP) is 2.84. The summed E-state index contributed by atoms with van der Waals surface area (Å²) in [6.07, 6.45) is 0. The number of amides is 2. The van der Waals surface area contributed by atoms with Crippen molar-refractivity contribution in [3.05, 3.63) is 59.7 Å². The molecule has 0 unspecified atom stereocenters. The molecule has 0 heterocycles. The van der Waals surface area contributed by atoms with Gasteiger partial charge in [-0.15, -0.1) is 0 Å². The number of hydrogen-bond donors (Lipinski definition) is 1. The summed E-state index contributed by atoms with van der Waals surface area (Å²) in [5, 5.41) is 2.74. The molecular weight excluding hydrogens is 354 g/mol. The van der Waals surface area contributed by atoms with Gasteiger partial charge in [0.1, 0.15) is 0 Å². The molecule has 2 rings (SSSR count). The monoisotopic (exact) mass is 377 g/mol. The zero-order chi connectivity index (χ0) is 19.3. The van der Waals surface area contributed by atoms with Gasteiger partial charge in [-0.3, -0.25) is 4.84 Å². The van der Waals surface area contributed by atoms with Gasteiger partial charge in [-0.1, -0.05) is 34.3 Å². The molecule has 2 aromatic carbocycles. The number of nitrogens with zero attached hydrogens (tertiary/aromatic N) is 2. The van der Waals surface area contributed by atoms with Crippen LogP contribution in [-0.4, -0.2) is 45.0 Å². The molecule has 1 N–H and O–H groups in total. The summed E-state index contributed by atoms with van der Waals surface area (Å²) in [5.74, 6) is 0. The zero-order valence-corrected chi connectivity index (χ0v) is 16.1. The predicted molar refractivity (Wildman–Crippen MR) is 100 cm³/mol. The third kappa shape index (κ3) is 4.81. The Kier molecular flexibility index (Phi) is 6.36. The van der Waals surface area contributed by atoms with E-state index >= 15 is 0 Å². The lowest BCUT2D eigenvalue weighted by atomic mass is 10.1. The maximum atomic E-state index is 12.3. The van der Waals surface area contributed by atoms with Crippen LogP contribution in [0.3, 0.4) is 0 Å². The average molecular weight is 377 g/mol. The van der Waals surface area contributed by atoms with E-state index in [1.807, 2.05) is 31.2 Å². The maximum Gasteiger partial charge on any atom is 0.321 e. The molecule has 2 aromatic rings. The van der Waals surface area contributed by atoms with Crippen LogP contribution in [0.4, 0.5) is 10.5 Å². The van der Waals surface area contributed by atoms with Gasteiger partial charge in [0.2, 0.25) is 0 Å². The SMILES string of the molecule is CON(C)S(=O)(=O)c1ccc(NC(=O)N(C)Cc2ccc(C)cc2)cc1. The molecule has 140 valence electrons. The first-order valence-corrected chi connectivity index (χ1v) is 9.39. The zero-order valence-electron chi connectivity index (χ0n) is 15.3. The Bertz CT molecular complexity index is 849. The van der Waals surface area contributed by atoms with Crippen molar-refractivity contribution < 1.29 is 18.0 Å². The lowest BCUT2D eigenvalue weighted by molar-refractivity contribution is -0.0258. The molecule has 0 fully saturated rings. The molecule has 0 saturated heterocycles. The quantitative estimate of drug-likeness (QED) is 0.785. The Hall–Kier alpha value is -2.42. The smallest absolute Gasteiger partial charge is 0.321 e. The Labute approximate surface area is 154 Å². The summed E-state index contributed by atoms with van der Waals surface area (Å²) in [6, 6.07) is 13.6. The van der Waals surface area contributed by atoms with Crippen molar-refractivity contribution in [1.82, 2.24) is 9.37 Å². The fourth-order valence-corrected chi connectivity index (χ4v) is 3.19. The number of nitrogens with one attached hydrogen (secondary N) is 1. The minimum atomic E-state index is -3.71. The molecule has 0 radical (unpaired) electrons. The average Bonchev–Trinajstić information content (AvgIpc) is 2.63. The minimum absolute atomic E-state index is 0.0767. The standard InChI is InChI=1S/C18H23N3O4S/c1-14-5-7-15(8-6-14)13-20(2)18(22)19-16-9-11-17(12-10-16)26(23,24)21(3)25-4/h5-12H,13H2,1-4H3,(H,19,22). The third-order valence-corrected chi connectivity index (χ3v) is 5.58.